The number of aromatic nitrogens is 2. The number of carbonyl (C=O) groups excluding carboxylic acids is 1. The van der Waals surface area contributed by atoms with E-state index in [9.17, 15) is 9.59 Å². The zero-order chi connectivity index (χ0) is 13.0. The van der Waals surface area contributed by atoms with Crippen molar-refractivity contribution in [1.82, 2.24) is 20.0 Å². The van der Waals surface area contributed by atoms with Crippen LogP contribution in [0.3, 0.4) is 0 Å². The predicted octanol–water partition coefficient (Wildman–Crippen LogP) is 0.0346. The number of hydrogen-bond donors (Lipinski definition) is 2. The molecule has 1 unspecified atom stereocenters. The molecule has 94 valence electrons. The molecule has 1 rings (SSSR count). The molecule has 0 fully saturated rings. The summed E-state index contributed by atoms with van der Waals surface area (Å²) in [7, 11) is 3.22. The number of carboxylic acid groups (broad SMARTS) is 1. The van der Waals surface area contributed by atoms with Crippen molar-refractivity contribution in [3.63, 3.8) is 0 Å². The van der Waals surface area contributed by atoms with Crippen molar-refractivity contribution in [2.45, 2.75) is 19.5 Å². The maximum absolute atomic E-state index is 11.6. The molecular weight excluding hydrogens is 224 g/mol. The Kier molecular flexibility index (Phi) is 4.08. The lowest BCUT2D eigenvalue weighted by molar-refractivity contribution is -0.141. The van der Waals surface area contributed by atoms with Gasteiger partial charge < -0.3 is 15.3 Å². The van der Waals surface area contributed by atoms with Crippen LogP contribution in [0.4, 0.5) is 4.79 Å². The molecule has 1 aromatic heterocycles. The second-order valence-corrected chi connectivity index (χ2v) is 3.81. The molecule has 0 spiro atoms. The van der Waals surface area contributed by atoms with E-state index < -0.39 is 18.0 Å². The highest BCUT2D eigenvalue weighted by atomic mass is 16.4. The first-order chi connectivity index (χ1) is 7.91. The minimum Gasteiger partial charge on any atom is -0.480 e. The number of carbonyl (C=O) groups is 2. The molecule has 0 radical (unpaired) electrons. The van der Waals surface area contributed by atoms with Crippen LogP contribution in [0.15, 0.2) is 12.4 Å². The Morgan fingerprint density at radius 2 is 2.29 bits per heavy atom. The summed E-state index contributed by atoms with van der Waals surface area (Å²) in [5, 5.41) is 15.3. The van der Waals surface area contributed by atoms with Crippen LogP contribution in [0.1, 0.15) is 12.5 Å². The van der Waals surface area contributed by atoms with E-state index in [0.717, 1.165) is 10.5 Å². The van der Waals surface area contributed by atoms with Gasteiger partial charge in [0, 0.05) is 32.4 Å². The zero-order valence-corrected chi connectivity index (χ0v) is 10.0. The van der Waals surface area contributed by atoms with Crippen molar-refractivity contribution in [2.75, 3.05) is 7.05 Å². The summed E-state index contributed by atoms with van der Waals surface area (Å²) in [6.07, 6.45) is 3.42. The standard InChI is InChI=1S/C10H16N4O3/c1-7(9(15)16)14(3)10(17)11-4-8-5-12-13(2)6-8/h5-7H,4H2,1-3H3,(H,11,17)(H,15,16). The highest BCUT2D eigenvalue weighted by Gasteiger charge is 2.21. The SMILES string of the molecule is CC(C(=O)O)N(C)C(=O)NCc1cnn(C)c1. The average molecular weight is 240 g/mol. The third-order valence-electron chi connectivity index (χ3n) is 2.46. The number of amides is 2. The number of carboxylic acids is 1. The van der Waals surface area contributed by atoms with Crippen LogP contribution in [-0.2, 0) is 18.4 Å². The fourth-order valence-corrected chi connectivity index (χ4v) is 1.21. The lowest BCUT2D eigenvalue weighted by Gasteiger charge is -2.21. The molecule has 0 bridgehead atoms. The van der Waals surface area contributed by atoms with E-state index in [0.29, 0.717) is 6.54 Å². The van der Waals surface area contributed by atoms with Crippen molar-refractivity contribution < 1.29 is 14.7 Å². The highest BCUT2D eigenvalue weighted by Crippen LogP contribution is 1.99. The lowest BCUT2D eigenvalue weighted by atomic mass is 10.3. The van der Waals surface area contributed by atoms with E-state index in [1.807, 2.05) is 0 Å². The largest absolute Gasteiger partial charge is 0.480 e. The molecule has 0 saturated carbocycles. The van der Waals surface area contributed by atoms with Crippen LogP contribution in [-0.4, -0.2) is 44.9 Å². The van der Waals surface area contributed by atoms with E-state index in [1.165, 1.54) is 14.0 Å². The van der Waals surface area contributed by atoms with Crippen LogP contribution < -0.4 is 5.32 Å². The Bertz CT molecular complexity index is 415. The molecule has 0 aliphatic rings. The molecule has 0 aliphatic carbocycles. The Balaban J connectivity index is 2.47. The number of aryl methyl sites for hydroxylation is 1. The maximum atomic E-state index is 11.6. The van der Waals surface area contributed by atoms with Gasteiger partial charge in [0.1, 0.15) is 6.04 Å². The minimum atomic E-state index is -1.04. The molecule has 1 heterocycles. The van der Waals surface area contributed by atoms with Crippen molar-refractivity contribution in [1.29, 1.82) is 0 Å². The smallest absolute Gasteiger partial charge is 0.326 e. The normalized spacial score (nSPS) is 11.9. The molecule has 2 amide bonds. The summed E-state index contributed by atoms with van der Waals surface area (Å²) < 4.78 is 1.63. The number of likely N-dealkylation sites (N-methyl/N-ethyl adjacent to an activating group) is 1. The predicted molar refractivity (Wildman–Crippen MR) is 60.3 cm³/mol. The van der Waals surface area contributed by atoms with Crippen molar-refractivity contribution >= 4 is 12.0 Å². The van der Waals surface area contributed by atoms with Gasteiger partial charge >= 0.3 is 12.0 Å². The number of urea groups is 1. The molecule has 1 aromatic rings. The number of nitrogens with zero attached hydrogens (tertiary/aromatic N) is 3. The monoisotopic (exact) mass is 240 g/mol. The van der Waals surface area contributed by atoms with Crippen LogP contribution >= 0.6 is 0 Å². The second kappa shape index (κ2) is 5.33. The molecule has 1 atom stereocenters. The quantitative estimate of drug-likeness (QED) is 0.777. The first-order valence-electron chi connectivity index (χ1n) is 5.12. The Morgan fingerprint density at radius 3 is 2.76 bits per heavy atom. The molecule has 0 saturated heterocycles. The van der Waals surface area contributed by atoms with Gasteiger partial charge in [-0.15, -0.1) is 0 Å². The van der Waals surface area contributed by atoms with Gasteiger partial charge in [-0.3, -0.25) is 4.68 Å². The molecule has 0 aliphatic heterocycles. The van der Waals surface area contributed by atoms with Gasteiger partial charge in [-0.25, -0.2) is 9.59 Å². The van der Waals surface area contributed by atoms with E-state index in [4.69, 9.17) is 5.11 Å². The third-order valence-corrected chi connectivity index (χ3v) is 2.46. The molecule has 0 aromatic carbocycles. The summed E-state index contributed by atoms with van der Waals surface area (Å²) in [4.78, 5) is 23.4. The number of rotatable bonds is 4. The van der Waals surface area contributed by atoms with Crippen LogP contribution in [0.5, 0.6) is 0 Å². The maximum Gasteiger partial charge on any atom is 0.326 e. The number of hydrogen-bond acceptors (Lipinski definition) is 3. The number of aliphatic carboxylic acids is 1. The van der Waals surface area contributed by atoms with Gasteiger partial charge in [0.15, 0.2) is 0 Å². The van der Waals surface area contributed by atoms with Gasteiger partial charge in [-0.2, -0.15) is 5.10 Å². The minimum absolute atomic E-state index is 0.323. The van der Waals surface area contributed by atoms with Gasteiger partial charge in [0.05, 0.1) is 6.20 Å². The summed E-state index contributed by atoms with van der Waals surface area (Å²) in [6.45, 7) is 1.77. The molecule has 7 nitrogen and oxygen atoms in total. The average Bonchev–Trinajstić information content (AvgIpc) is 2.69. The highest BCUT2D eigenvalue weighted by molar-refractivity contribution is 5.82. The van der Waals surface area contributed by atoms with Gasteiger partial charge in [-0.1, -0.05) is 0 Å². The Labute approximate surface area is 99.0 Å². The van der Waals surface area contributed by atoms with E-state index in [2.05, 4.69) is 10.4 Å². The first kappa shape index (κ1) is 13.0. The molecular formula is C10H16N4O3. The first-order valence-corrected chi connectivity index (χ1v) is 5.12. The summed E-state index contributed by atoms with van der Waals surface area (Å²) in [5.74, 6) is -1.04. The summed E-state index contributed by atoms with van der Waals surface area (Å²) in [5.41, 5.74) is 0.859. The third kappa shape index (κ3) is 3.47. The zero-order valence-electron chi connectivity index (χ0n) is 10.0. The van der Waals surface area contributed by atoms with Gasteiger partial charge in [0.25, 0.3) is 0 Å². The van der Waals surface area contributed by atoms with E-state index >= 15 is 0 Å². The summed E-state index contributed by atoms with van der Waals surface area (Å²) in [6, 6.07) is -1.28. The molecule has 17 heavy (non-hydrogen) atoms. The van der Waals surface area contributed by atoms with Crippen molar-refractivity contribution in [3.05, 3.63) is 18.0 Å². The molecule has 2 N–H and O–H groups in total. The van der Waals surface area contributed by atoms with Crippen molar-refractivity contribution in [2.24, 2.45) is 7.05 Å². The number of nitrogens with one attached hydrogen (secondary N) is 1. The molecule has 7 heteroatoms. The van der Waals surface area contributed by atoms with E-state index in [-0.39, 0.29) is 0 Å². The van der Waals surface area contributed by atoms with Crippen LogP contribution in [0.25, 0.3) is 0 Å². The topological polar surface area (TPSA) is 87.5 Å². The van der Waals surface area contributed by atoms with Crippen molar-refractivity contribution in [3.8, 4) is 0 Å². The van der Waals surface area contributed by atoms with Gasteiger partial charge in [-0.05, 0) is 6.92 Å². The Morgan fingerprint density at radius 1 is 1.65 bits per heavy atom. The van der Waals surface area contributed by atoms with Crippen LogP contribution in [0.2, 0.25) is 0 Å². The summed E-state index contributed by atoms with van der Waals surface area (Å²) >= 11 is 0. The lowest BCUT2D eigenvalue weighted by Crippen LogP contribution is -2.45. The second-order valence-electron chi connectivity index (χ2n) is 3.81. The van der Waals surface area contributed by atoms with E-state index in [1.54, 1.807) is 24.1 Å². The fraction of sp³-hybridized carbons (Fsp3) is 0.500. The van der Waals surface area contributed by atoms with Crippen LogP contribution in [0, 0.1) is 0 Å². The fourth-order valence-electron chi connectivity index (χ4n) is 1.21. The Hall–Kier alpha value is -2.05. The van der Waals surface area contributed by atoms with Gasteiger partial charge in [0.2, 0.25) is 0 Å².